The maximum absolute atomic E-state index is 11.6. The summed E-state index contributed by atoms with van der Waals surface area (Å²) in [5.41, 5.74) is 1.04. The van der Waals surface area contributed by atoms with Crippen LogP contribution < -0.4 is 10.6 Å². The first-order chi connectivity index (χ1) is 9.83. The molecule has 0 unspecified atom stereocenters. The van der Waals surface area contributed by atoms with Crippen LogP contribution in [0, 0.1) is 0 Å². The largest absolute Gasteiger partial charge is 0.321 e. The number of aromatic nitrogens is 2. The smallest absolute Gasteiger partial charge is 0.320 e. The highest BCUT2D eigenvalue weighted by Crippen LogP contribution is 2.25. The summed E-state index contributed by atoms with van der Waals surface area (Å²) in [7, 11) is 0. The van der Waals surface area contributed by atoms with Gasteiger partial charge in [0, 0.05) is 36.4 Å². The van der Waals surface area contributed by atoms with E-state index in [0.717, 1.165) is 5.56 Å². The van der Waals surface area contributed by atoms with Crippen molar-refractivity contribution in [2.24, 2.45) is 0 Å². The van der Waals surface area contributed by atoms with E-state index in [0.29, 0.717) is 19.1 Å². The van der Waals surface area contributed by atoms with Crippen LogP contribution in [0.3, 0.4) is 0 Å². The molecule has 1 aliphatic heterocycles. The minimum absolute atomic E-state index is 0.101. The van der Waals surface area contributed by atoms with Crippen molar-refractivity contribution in [3.63, 3.8) is 0 Å². The fourth-order valence-corrected chi connectivity index (χ4v) is 2.63. The molecule has 116 valence electrons. The number of hydrogen-bond acceptors (Lipinski definition) is 3. The molecule has 0 aromatic carbocycles. The Morgan fingerprint density at radius 3 is 2.76 bits per heavy atom. The standard InChI is InChI=1S/C15H25N5O/c1-6-16-14(21)19-9-13(10-19)20-8-12(7-17-20)15(4,5)18-11(2)3/h6-8,11,13,18H,1,9-10H2,2-5H3,(H,16,21). The lowest BCUT2D eigenvalue weighted by Gasteiger charge is -2.38. The van der Waals surface area contributed by atoms with E-state index in [4.69, 9.17) is 0 Å². The van der Waals surface area contributed by atoms with Crippen molar-refractivity contribution in [2.75, 3.05) is 13.1 Å². The lowest BCUT2D eigenvalue weighted by atomic mass is 9.97. The molecule has 6 nitrogen and oxygen atoms in total. The molecule has 0 radical (unpaired) electrons. The summed E-state index contributed by atoms with van der Waals surface area (Å²) in [6.45, 7) is 13.4. The van der Waals surface area contributed by atoms with Gasteiger partial charge in [0.25, 0.3) is 0 Å². The zero-order valence-corrected chi connectivity index (χ0v) is 13.3. The lowest BCUT2D eigenvalue weighted by Crippen LogP contribution is -2.53. The van der Waals surface area contributed by atoms with E-state index in [9.17, 15) is 4.79 Å². The second-order valence-corrected chi connectivity index (χ2v) is 6.35. The molecular weight excluding hydrogens is 266 g/mol. The molecule has 1 aromatic rings. The van der Waals surface area contributed by atoms with Crippen molar-refractivity contribution in [3.8, 4) is 0 Å². The molecule has 0 saturated carbocycles. The number of likely N-dealkylation sites (tertiary alicyclic amines) is 1. The topological polar surface area (TPSA) is 62.2 Å². The third-order valence-electron chi connectivity index (χ3n) is 3.72. The Hall–Kier alpha value is -1.82. The molecule has 0 atom stereocenters. The van der Waals surface area contributed by atoms with E-state index >= 15 is 0 Å². The minimum atomic E-state index is -0.115. The van der Waals surface area contributed by atoms with Crippen LogP contribution in [0.25, 0.3) is 0 Å². The Kier molecular flexibility index (Phi) is 4.37. The highest BCUT2D eigenvalue weighted by atomic mass is 16.2. The van der Waals surface area contributed by atoms with Crippen LogP contribution in [0.2, 0.25) is 0 Å². The quantitative estimate of drug-likeness (QED) is 0.870. The zero-order chi connectivity index (χ0) is 15.6. The molecule has 1 aliphatic rings. The molecule has 0 aliphatic carbocycles. The van der Waals surface area contributed by atoms with Crippen molar-refractivity contribution in [3.05, 3.63) is 30.7 Å². The fourth-order valence-electron chi connectivity index (χ4n) is 2.63. The molecule has 1 aromatic heterocycles. The van der Waals surface area contributed by atoms with Crippen LogP contribution in [0.1, 0.15) is 39.3 Å². The van der Waals surface area contributed by atoms with Gasteiger partial charge in [0.05, 0.1) is 12.2 Å². The van der Waals surface area contributed by atoms with Gasteiger partial charge < -0.3 is 15.5 Å². The molecule has 0 bridgehead atoms. The summed E-state index contributed by atoms with van der Waals surface area (Å²) in [5.74, 6) is 0. The zero-order valence-electron chi connectivity index (χ0n) is 13.3. The monoisotopic (exact) mass is 291 g/mol. The van der Waals surface area contributed by atoms with Crippen LogP contribution >= 0.6 is 0 Å². The van der Waals surface area contributed by atoms with Crippen LogP contribution in [0.4, 0.5) is 4.79 Å². The van der Waals surface area contributed by atoms with Crippen LogP contribution in [-0.2, 0) is 5.54 Å². The number of nitrogens with zero attached hydrogens (tertiary/aromatic N) is 3. The average molecular weight is 291 g/mol. The number of carbonyl (C=O) groups excluding carboxylic acids is 1. The average Bonchev–Trinajstić information content (AvgIpc) is 2.75. The number of amides is 2. The Morgan fingerprint density at radius 2 is 2.19 bits per heavy atom. The van der Waals surface area contributed by atoms with E-state index in [1.54, 1.807) is 4.90 Å². The van der Waals surface area contributed by atoms with Gasteiger partial charge in [0.1, 0.15) is 0 Å². The Morgan fingerprint density at radius 1 is 1.52 bits per heavy atom. The SMILES string of the molecule is C=CNC(=O)N1CC(n2cc(C(C)(C)NC(C)C)cn2)C1. The summed E-state index contributed by atoms with van der Waals surface area (Å²) >= 11 is 0. The first kappa shape index (κ1) is 15.6. The molecular formula is C15H25N5O. The Labute approximate surface area is 126 Å². The molecule has 1 fully saturated rings. The summed E-state index contributed by atoms with van der Waals surface area (Å²) in [6, 6.07) is 0.560. The third kappa shape index (κ3) is 3.44. The fraction of sp³-hybridized carbons (Fsp3) is 0.600. The van der Waals surface area contributed by atoms with Gasteiger partial charge in [-0.15, -0.1) is 0 Å². The number of urea groups is 1. The van der Waals surface area contributed by atoms with E-state index in [1.807, 2.05) is 10.9 Å². The summed E-state index contributed by atoms with van der Waals surface area (Å²) in [5, 5.41) is 10.6. The lowest BCUT2D eigenvalue weighted by molar-refractivity contribution is 0.121. The Balaban J connectivity index is 1.96. The first-order valence-electron chi connectivity index (χ1n) is 7.32. The van der Waals surface area contributed by atoms with Crippen LogP contribution in [-0.4, -0.2) is 39.8 Å². The number of rotatable bonds is 5. The summed E-state index contributed by atoms with van der Waals surface area (Å²) in [6.07, 6.45) is 5.38. The van der Waals surface area contributed by atoms with Gasteiger partial charge in [-0.1, -0.05) is 20.4 Å². The molecule has 0 spiro atoms. The number of carbonyl (C=O) groups is 1. The third-order valence-corrected chi connectivity index (χ3v) is 3.72. The second-order valence-electron chi connectivity index (χ2n) is 6.35. The van der Waals surface area contributed by atoms with Crippen molar-refractivity contribution in [2.45, 2.75) is 45.3 Å². The van der Waals surface area contributed by atoms with Gasteiger partial charge in [0.2, 0.25) is 0 Å². The van der Waals surface area contributed by atoms with Gasteiger partial charge in [-0.2, -0.15) is 5.10 Å². The molecule has 21 heavy (non-hydrogen) atoms. The van der Waals surface area contributed by atoms with Gasteiger partial charge >= 0.3 is 6.03 Å². The molecule has 1 saturated heterocycles. The predicted molar refractivity (Wildman–Crippen MR) is 82.9 cm³/mol. The number of hydrogen-bond donors (Lipinski definition) is 2. The highest BCUT2D eigenvalue weighted by molar-refractivity contribution is 5.76. The van der Waals surface area contributed by atoms with E-state index in [-0.39, 0.29) is 17.6 Å². The van der Waals surface area contributed by atoms with E-state index in [1.165, 1.54) is 6.20 Å². The van der Waals surface area contributed by atoms with Crippen LogP contribution in [0.5, 0.6) is 0 Å². The minimum Gasteiger partial charge on any atom is -0.320 e. The van der Waals surface area contributed by atoms with Crippen molar-refractivity contribution < 1.29 is 4.79 Å². The molecule has 2 heterocycles. The van der Waals surface area contributed by atoms with Crippen molar-refractivity contribution in [1.29, 1.82) is 0 Å². The molecule has 2 rings (SSSR count). The first-order valence-corrected chi connectivity index (χ1v) is 7.32. The molecule has 2 N–H and O–H groups in total. The van der Waals surface area contributed by atoms with Gasteiger partial charge in [-0.25, -0.2) is 4.79 Å². The highest BCUT2D eigenvalue weighted by Gasteiger charge is 2.33. The Bertz CT molecular complexity index is 514. The predicted octanol–water partition coefficient (Wildman–Crippen LogP) is 1.83. The maximum Gasteiger partial charge on any atom is 0.321 e. The van der Waals surface area contributed by atoms with E-state index in [2.05, 4.69) is 56.2 Å². The van der Waals surface area contributed by atoms with Crippen LogP contribution in [0.15, 0.2) is 25.2 Å². The van der Waals surface area contributed by atoms with E-state index < -0.39 is 0 Å². The molecule has 6 heteroatoms. The van der Waals surface area contributed by atoms with Gasteiger partial charge in [-0.05, 0) is 20.0 Å². The maximum atomic E-state index is 11.6. The second kappa shape index (κ2) is 5.89. The summed E-state index contributed by atoms with van der Waals surface area (Å²) in [4.78, 5) is 13.3. The van der Waals surface area contributed by atoms with Gasteiger partial charge in [0.15, 0.2) is 0 Å². The summed E-state index contributed by atoms with van der Waals surface area (Å²) < 4.78 is 1.96. The van der Waals surface area contributed by atoms with Crippen molar-refractivity contribution >= 4 is 6.03 Å². The molecule has 2 amide bonds. The normalized spacial score (nSPS) is 16.0. The van der Waals surface area contributed by atoms with Gasteiger partial charge in [-0.3, -0.25) is 4.68 Å². The van der Waals surface area contributed by atoms with Crippen molar-refractivity contribution in [1.82, 2.24) is 25.3 Å². The number of nitrogens with one attached hydrogen (secondary N) is 2.